The van der Waals surface area contributed by atoms with Crippen molar-refractivity contribution in [3.05, 3.63) is 130 Å². The van der Waals surface area contributed by atoms with Gasteiger partial charge in [0.25, 0.3) is 5.69 Å². The summed E-state index contributed by atoms with van der Waals surface area (Å²) in [5.41, 5.74) is 8.15. The number of nitrogens with two attached hydrogens (primary N) is 1. The van der Waals surface area contributed by atoms with Crippen LogP contribution in [0.4, 0.5) is 52.5 Å². The highest BCUT2D eigenvalue weighted by Crippen LogP contribution is 2.31. The number of nitrogens with zero attached hydrogens (tertiary/aromatic N) is 7. The average molecular weight is 1140 g/mol. The number of piperazine rings is 2. The summed E-state index contributed by atoms with van der Waals surface area (Å²) in [6.07, 6.45) is 7.86. The Hall–Kier alpha value is -8.96. The van der Waals surface area contributed by atoms with E-state index in [0.29, 0.717) is 86.4 Å². The molecular weight excluding hydrogens is 1070 g/mol. The Labute approximate surface area is 473 Å². The number of nitro groups is 1. The van der Waals surface area contributed by atoms with E-state index in [1.165, 1.54) is 85.7 Å². The zero-order valence-electron chi connectivity index (χ0n) is 45.9. The number of nitro benzene ring substituents is 1. The van der Waals surface area contributed by atoms with Gasteiger partial charge >= 0.3 is 12.2 Å². The summed E-state index contributed by atoms with van der Waals surface area (Å²) in [5, 5.41) is 16.1. The van der Waals surface area contributed by atoms with Crippen molar-refractivity contribution in [3.8, 4) is 0 Å². The summed E-state index contributed by atoms with van der Waals surface area (Å²) in [5.74, 6) is -2.29. The Bertz CT molecular complexity index is 3030. The molecule has 0 unspecified atom stereocenters. The van der Waals surface area contributed by atoms with E-state index in [2.05, 4.69) is 22.8 Å². The summed E-state index contributed by atoms with van der Waals surface area (Å²) < 4.78 is 40.5. The first kappa shape index (κ1) is 60.7. The number of carbonyl (C=O) groups is 8. The first-order valence-electron chi connectivity index (χ1n) is 27.2. The molecule has 4 heterocycles. The van der Waals surface area contributed by atoms with E-state index >= 15 is 8.78 Å². The number of allylic oxidation sites excluding steroid dienone is 2. The van der Waals surface area contributed by atoms with Gasteiger partial charge in [0.1, 0.15) is 23.8 Å². The summed E-state index contributed by atoms with van der Waals surface area (Å²) in [6, 6.07) is 21.1. The van der Waals surface area contributed by atoms with Crippen molar-refractivity contribution in [1.29, 1.82) is 0 Å². The molecule has 4 saturated heterocycles. The molecular formula is C58H68F2N10O12. The van der Waals surface area contributed by atoms with Gasteiger partial charge in [-0.2, -0.15) is 0 Å². The quantitative estimate of drug-likeness (QED) is 0.0322. The van der Waals surface area contributed by atoms with Crippen LogP contribution in [0.25, 0.3) is 0 Å². The van der Waals surface area contributed by atoms with E-state index in [1.807, 2.05) is 4.90 Å². The number of ketones is 2. The number of carbonyl (C=O) groups excluding carboxylic acids is 8. The van der Waals surface area contributed by atoms with Crippen LogP contribution in [0.1, 0.15) is 85.9 Å². The van der Waals surface area contributed by atoms with Crippen LogP contribution in [0.5, 0.6) is 0 Å². The fourth-order valence-electron chi connectivity index (χ4n) is 9.74. The average Bonchev–Trinajstić information content (AvgIpc) is 4.23. The maximum absolute atomic E-state index is 15.0. The Kier molecular flexibility index (Phi) is 21.4. The van der Waals surface area contributed by atoms with Gasteiger partial charge in [-0.05, 0) is 74.2 Å². The number of Topliss-reactive ketones (excluding diaryl/α,β-unsaturated/α-hetero) is 2. The predicted molar refractivity (Wildman–Crippen MR) is 302 cm³/mol. The van der Waals surface area contributed by atoms with E-state index in [4.69, 9.17) is 15.2 Å². The van der Waals surface area contributed by atoms with Crippen molar-refractivity contribution >= 4 is 81.5 Å². The Balaban J connectivity index is 0.000000214. The molecule has 5 aliphatic rings. The van der Waals surface area contributed by atoms with Crippen LogP contribution in [0.15, 0.2) is 97.1 Å². The zero-order chi connectivity index (χ0) is 58.9. The Morgan fingerprint density at radius 2 is 1.02 bits per heavy atom. The summed E-state index contributed by atoms with van der Waals surface area (Å²) in [7, 11) is 0. The number of hydrogen-bond acceptors (Lipinski definition) is 15. The molecule has 0 aromatic heterocycles. The third-order valence-electron chi connectivity index (χ3n) is 14.2. The van der Waals surface area contributed by atoms with Crippen molar-refractivity contribution in [2.45, 2.75) is 77.4 Å². The Morgan fingerprint density at radius 1 is 0.598 bits per heavy atom. The van der Waals surface area contributed by atoms with Crippen molar-refractivity contribution in [2.24, 2.45) is 0 Å². The molecule has 9 rings (SSSR count). The number of halogens is 2. The molecule has 4 fully saturated rings. The van der Waals surface area contributed by atoms with Gasteiger partial charge in [0.2, 0.25) is 23.6 Å². The SMILES string of the molecule is C1=CCCCC1.CC(=O)NC[C@H]1CN(c2ccc(N3CCN(C(=O)CCC(=O)c4cccc(N)c4)CC3)c(F)c2)C(=O)O1.CC(=O)NC[C@H]1CN(c2ccc(N3CCN(C(=O)CCC(=O)c4cccc([N+](=O)[O-])c4)CC3)c(F)c2)C(=O)O1. The number of rotatable bonds is 17. The summed E-state index contributed by atoms with van der Waals surface area (Å²) in [6.45, 7) is 6.64. The minimum absolute atomic E-state index is 0.0283. The standard InChI is InChI=1S/C26H28FN5O7.C26H30FN5O5.C6H10/c1-17(33)28-15-21-16-31(26(36)39-21)19-5-6-23(22(27)14-19)29-9-11-30(12-10-29)25(35)8-7-24(34)18-3-2-4-20(13-18)32(37)38;1-17(33)29-15-21-16-32(26(36)37-21)20-5-6-23(22(27)14-20)30-9-11-31(12-10-30)25(35)8-7-24(34)18-3-2-4-19(28)13-18;1-2-4-6-5-3-1/h2-6,13-14,21H,7-12,15-16H2,1H3,(H,28,33);2-6,13-14,21H,7-12,15-16,28H2,1H3,(H,29,33);1-2H,3-6H2/t2*21-;/m00./s1. The highest BCUT2D eigenvalue weighted by Gasteiger charge is 2.35. The molecule has 6 amide bonds. The van der Waals surface area contributed by atoms with E-state index in [0.717, 1.165) is 0 Å². The van der Waals surface area contributed by atoms with Gasteiger partial charge in [0.05, 0.1) is 53.9 Å². The molecule has 436 valence electrons. The molecule has 2 atom stereocenters. The van der Waals surface area contributed by atoms with Crippen LogP contribution < -0.4 is 36.0 Å². The Morgan fingerprint density at radius 3 is 1.40 bits per heavy atom. The van der Waals surface area contributed by atoms with Crippen molar-refractivity contribution in [2.75, 3.05) is 104 Å². The monoisotopic (exact) mass is 1130 g/mol. The minimum atomic E-state index is -0.617. The fraction of sp³-hybridized carbons (Fsp3) is 0.414. The van der Waals surface area contributed by atoms with Crippen LogP contribution in [0.2, 0.25) is 0 Å². The lowest BCUT2D eigenvalue weighted by Crippen LogP contribution is -2.49. The van der Waals surface area contributed by atoms with Crippen molar-refractivity contribution < 1.29 is 61.5 Å². The maximum atomic E-state index is 15.0. The van der Waals surface area contributed by atoms with Crippen LogP contribution in [0.3, 0.4) is 0 Å². The second kappa shape index (κ2) is 29.0. The predicted octanol–water partition coefficient (Wildman–Crippen LogP) is 6.80. The number of ether oxygens (including phenoxy) is 2. The highest BCUT2D eigenvalue weighted by molar-refractivity contribution is 5.99. The number of hydrogen-bond donors (Lipinski definition) is 3. The number of anilines is 5. The van der Waals surface area contributed by atoms with Gasteiger partial charge in [0.15, 0.2) is 11.6 Å². The second-order valence-electron chi connectivity index (χ2n) is 20.1. The number of cyclic esters (lactones) is 2. The second-order valence-corrected chi connectivity index (χ2v) is 20.1. The smallest absolute Gasteiger partial charge is 0.414 e. The largest absolute Gasteiger partial charge is 0.442 e. The molecule has 4 N–H and O–H groups in total. The van der Waals surface area contributed by atoms with Crippen molar-refractivity contribution in [3.63, 3.8) is 0 Å². The number of nitrogen functional groups attached to an aromatic ring is 1. The summed E-state index contributed by atoms with van der Waals surface area (Å²) >= 11 is 0. The highest BCUT2D eigenvalue weighted by atomic mass is 19.1. The zero-order valence-corrected chi connectivity index (χ0v) is 45.9. The molecule has 22 nitrogen and oxygen atoms in total. The molecule has 0 spiro atoms. The molecule has 82 heavy (non-hydrogen) atoms. The van der Waals surface area contributed by atoms with Gasteiger partial charge in [0, 0.05) is 121 Å². The molecule has 0 bridgehead atoms. The first-order valence-corrected chi connectivity index (χ1v) is 27.2. The van der Waals surface area contributed by atoms with Crippen LogP contribution in [0, 0.1) is 21.7 Å². The van der Waals surface area contributed by atoms with Gasteiger partial charge < -0.3 is 45.4 Å². The first-order chi connectivity index (χ1) is 39.3. The maximum Gasteiger partial charge on any atom is 0.414 e. The lowest BCUT2D eigenvalue weighted by atomic mass is 10.1. The molecule has 24 heteroatoms. The molecule has 4 aromatic carbocycles. The number of nitrogens with one attached hydrogen (secondary N) is 2. The molecule has 4 aliphatic heterocycles. The third kappa shape index (κ3) is 17.0. The number of benzene rings is 4. The lowest BCUT2D eigenvalue weighted by Gasteiger charge is -2.36. The van der Waals surface area contributed by atoms with E-state index in [1.54, 1.807) is 63.2 Å². The summed E-state index contributed by atoms with van der Waals surface area (Å²) in [4.78, 5) is 117. The topological polar surface area (TPSA) is 268 Å². The number of non-ortho nitro benzene ring substituents is 1. The fourth-order valence-corrected chi connectivity index (χ4v) is 9.74. The molecule has 0 radical (unpaired) electrons. The van der Waals surface area contributed by atoms with E-state index in [9.17, 15) is 48.5 Å². The third-order valence-corrected chi connectivity index (χ3v) is 14.2. The molecule has 4 aromatic rings. The van der Waals surface area contributed by atoms with Crippen LogP contribution in [-0.4, -0.2) is 153 Å². The van der Waals surface area contributed by atoms with Gasteiger partial charge in [-0.25, -0.2) is 18.4 Å². The van der Waals surface area contributed by atoms with Gasteiger partial charge in [-0.3, -0.25) is 48.7 Å². The van der Waals surface area contributed by atoms with Gasteiger partial charge in [-0.15, -0.1) is 0 Å². The lowest BCUT2D eigenvalue weighted by molar-refractivity contribution is -0.384. The van der Waals surface area contributed by atoms with E-state index in [-0.39, 0.29) is 98.3 Å². The molecule has 1 aliphatic carbocycles. The normalized spacial score (nSPS) is 17.6. The van der Waals surface area contributed by atoms with Gasteiger partial charge in [-0.1, -0.05) is 36.4 Å². The van der Waals surface area contributed by atoms with E-state index < -0.39 is 41.0 Å². The number of amides is 6. The van der Waals surface area contributed by atoms with Crippen molar-refractivity contribution in [1.82, 2.24) is 20.4 Å². The van der Waals surface area contributed by atoms with Crippen LogP contribution >= 0.6 is 0 Å². The van der Waals surface area contributed by atoms with Crippen LogP contribution in [-0.2, 0) is 28.7 Å². The minimum Gasteiger partial charge on any atom is -0.442 e. The molecule has 0 saturated carbocycles.